The van der Waals surface area contributed by atoms with Crippen LogP contribution in [0.15, 0.2) is 0 Å². The summed E-state index contributed by atoms with van der Waals surface area (Å²) in [7, 11) is 0. The van der Waals surface area contributed by atoms with Crippen molar-refractivity contribution >= 4 is 29.5 Å². The zero-order chi connectivity index (χ0) is 16.1. The topological polar surface area (TPSA) is 60.9 Å². The van der Waals surface area contributed by atoms with E-state index in [2.05, 4.69) is 0 Å². The van der Waals surface area contributed by atoms with Crippen molar-refractivity contribution in [1.29, 1.82) is 0 Å². The van der Waals surface area contributed by atoms with Gasteiger partial charge in [-0.25, -0.2) is 0 Å². The van der Waals surface area contributed by atoms with Gasteiger partial charge >= 0.3 is 0 Å². The molecule has 2 aliphatic heterocycles. The number of hydrogen-bond acceptors (Lipinski definition) is 4. The third-order valence-corrected chi connectivity index (χ3v) is 4.91. The van der Waals surface area contributed by atoms with Gasteiger partial charge < -0.3 is 14.7 Å². The van der Waals surface area contributed by atoms with Gasteiger partial charge in [-0.15, -0.1) is 0 Å². The zero-order valence-corrected chi connectivity index (χ0v) is 14.2. The molecule has 22 heavy (non-hydrogen) atoms. The summed E-state index contributed by atoms with van der Waals surface area (Å²) < 4.78 is 0. The molecule has 6 nitrogen and oxygen atoms in total. The highest BCUT2D eigenvalue weighted by Crippen LogP contribution is 2.20. The van der Waals surface area contributed by atoms with Crippen LogP contribution in [0.3, 0.4) is 0 Å². The Balaban J connectivity index is 1.94. The molecule has 0 bridgehead atoms. The summed E-state index contributed by atoms with van der Waals surface area (Å²) in [4.78, 5) is 41.7. The van der Waals surface area contributed by atoms with Crippen molar-refractivity contribution in [3.63, 3.8) is 0 Å². The average Bonchev–Trinajstić information content (AvgIpc) is 2.84. The highest BCUT2D eigenvalue weighted by Gasteiger charge is 2.35. The van der Waals surface area contributed by atoms with Crippen molar-refractivity contribution in [2.45, 2.75) is 32.2 Å². The van der Waals surface area contributed by atoms with Crippen LogP contribution < -0.4 is 0 Å². The molecular formula is C15H25N3O3S. The van der Waals surface area contributed by atoms with E-state index in [9.17, 15) is 14.4 Å². The average molecular weight is 327 g/mol. The lowest BCUT2D eigenvalue weighted by molar-refractivity contribution is -0.142. The van der Waals surface area contributed by atoms with E-state index in [1.165, 1.54) is 18.7 Å². The maximum atomic E-state index is 12.7. The molecule has 3 amide bonds. The van der Waals surface area contributed by atoms with Gasteiger partial charge in [-0.3, -0.25) is 14.4 Å². The van der Waals surface area contributed by atoms with Crippen LogP contribution in [0.2, 0.25) is 0 Å². The van der Waals surface area contributed by atoms with Gasteiger partial charge in [0.1, 0.15) is 6.04 Å². The fraction of sp³-hybridized carbons (Fsp3) is 0.800. The van der Waals surface area contributed by atoms with E-state index in [0.717, 1.165) is 19.3 Å². The van der Waals surface area contributed by atoms with Crippen LogP contribution >= 0.6 is 11.8 Å². The van der Waals surface area contributed by atoms with Crippen molar-refractivity contribution in [3.05, 3.63) is 0 Å². The molecule has 0 spiro atoms. The Kier molecular flexibility index (Phi) is 6.11. The van der Waals surface area contributed by atoms with Gasteiger partial charge in [-0.2, -0.15) is 11.8 Å². The SMILES string of the molecule is CSCC(=O)N1CCCN(C(=O)C2CCCN2C(C)=O)CC1. The van der Waals surface area contributed by atoms with Crippen molar-refractivity contribution in [3.8, 4) is 0 Å². The summed E-state index contributed by atoms with van der Waals surface area (Å²) in [5, 5.41) is 0. The fourth-order valence-corrected chi connectivity index (χ4v) is 3.64. The number of carbonyl (C=O) groups excluding carboxylic acids is 3. The highest BCUT2D eigenvalue weighted by atomic mass is 32.2. The van der Waals surface area contributed by atoms with E-state index in [-0.39, 0.29) is 23.8 Å². The van der Waals surface area contributed by atoms with Crippen LogP contribution in [-0.2, 0) is 14.4 Å². The Hall–Kier alpha value is -1.24. The predicted molar refractivity (Wildman–Crippen MR) is 86.6 cm³/mol. The van der Waals surface area contributed by atoms with Gasteiger partial charge in [-0.05, 0) is 25.5 Å². The van der Waals surface area contributed by atoms with Gasteiger partial charge in [-0.1, -0.05) is 0 Å². The minimum atomic E-state index is -0.300. The predicted octanol–water partition coefficient (Wildman–Crippen LogP) is 0.421. The second-order valence-corrected chi connectivity index (χ2v) is 6.73. The highest BCUT2D eigenvalue weighted by molar-refractivity contribution is 7.99. The van der Waals surface area contributed by atoms with E-state index in [4.69, 9.17) is 0 Å². The molecule has 2 fully saturated rings. The third-order valence-electron chi connectivity index (χ3n) is 4.37. The van der Waals surface area contributed by atoms with E-state index >= 15 is 0 Å². The normalized spacial score (nSPS) is 22.6. The van der Waals surface area contributed by atoms with Crippen LogP contribution in [0.1, 0.15) is 26.2 Å². The van der Waals surface area contributed by atoms with Crippen LogP contribution in [-0.4, -0.2) is 83.2 Å². The number of hydrogen-bond donors (Lipinski definition) is 0. The van der Waals surface area contributed by atoms with E-state index in [1.54, 1.807) is 4.90 Å². The van der Waals surface area contributed by atoms with Crippen molar-refractivity contribution < 1.29 is 14.4 Å². The molecule has 0 aromatic carbocycles. The Labute approximate surface area is 136 Å². The molecule has 7 heteroatoms. The minimum Gasteiger partial charge on any atom is -0.340 e. The largest absolute Gasteiger partial charge is 0.340 e. The van der Waals surface area contributed by atoms with E-state index < -0.39 is 0 Å². The Morgan fingerprint density at radius 1 is 1.00 bits per heavy atom. The van der Waals surface area contributed by atoms with Gasteiger partial charge in [0.05, 0.1) is 5.75 Å². The first kappa shape index (κ1) is 17.1. The fourth-order valence-electron chi connectivity index (χ4n) is 3.21. The van der Waals surface area contributed by atoms with Crippen molar-refractivity contribution in [1.82, 2.24) is 14.7 Å². The van der Waals surface area contributed by atoms with Crippen LogP contribution in [0.25, 0.3) is 0 Å². The maximum absolute atomic E-state index is 12.7. The van der Waals surface area contributed by atoms with Crippen LogP contribution in [0.5, 0.6) is 0 Å². The van der Waals surface area contributed by atoms with Crippen LogP contribution in [0, 0.1) is 0 Å². The third kappa shape index (κ3) is 3.94. The lowest BCUT2D eigenvalue weighted by Gasteiger charge is -2.29. The summed E-state index contributed by atoms with van der Waals surface area (Å²) in [6, 6.07) is -0.300. The molecule has 2 rings (SSSR count). The van der Waals surface area contributed by atoms with Gasteiger partial charge in [0.25, 0.3) is 0 Å². The maximum Gasteiger partial charge on any atom is 0.245 e. The number of thioether (sulfide) groups is 1. The Morgan fingerprint density at radius 2 is 1.68 bits per heavy atom. The molecule has 0 radical (unpaired) electrons. The first-order valence-corrected chi connectivity index (χ1v) is 9.26. The number of amides is 3. The zero-order valence-electron chi connectivity index (χ0n) is 13.4. The standard InChI is InChI=1S/C15H25N3O3S/c1-12(19)18-8-3-5-13(18)15(21)17-7-4-6-16(9-10-17)14(20)11-22-2/h13H,3-11H2,1-2H3. The molecule has 0 N–H and O–H groups in total. The quantitative estimate of drug-likeness (QED) is 0.754. The molecule has 1 unspecified atom stereocenters. The minimum absolute atomic E-state index is 0.0255. The van der Waals surface area contributed by atoms with E-state index in [0.29, 0.717) is 38.5 Å². The van der Waals surface area contributed by atoms with Gasteiger partial charge in [0.15, 0.2) is 0 Å². The first-order valence-electron chi connectivity index (χ1n) is 7.87. The number of carbonyl (C=O) groups is 3. The summed E-state index contributed by atoms with van der Waals surface area (Å²) in [5.74, 6) is 0.664. The summed E-state index contributed by atoms with van der Waals surface area (Å²) in [5.41, 5.74) is 0. The van der Waals surface area contributed by atoms with E-state index in [1.807, 2.05) is 16.1 Å². The molecule has 0 aromatic rings. The second kappa shape index (κ2) is 7.85. The Morgan fingerprint density at radius 3 is 2.36 bits per heavy atom. The molecule has 2 saturated heterocycles. The number of nitrogens with zero attached hydrogens (tertiary/aromatic N) is 3. The lowest BCUT2D eigenvalue weighted by atomic mass is 10.2. The van der Waals surface area contributed by atoms with Crippen molar-refractivity contribution in [2.75, 3.05) is 44.7 Å². The number of rotatable bonds is 3. The van der Waals surface area contributed by atoms with Crippen molar-refractivity contribution in [2.24, 2.45) is 0 Å². The number of likely N-dealkylation sites (tertiary alicyclic amines) is 1. The lowest BCUT2D eigenvalue weighted by Crippen LogP contribution is -2.48. The monoisotopic (exact) mass is 327 g/mol. The molecule has 2 heterocycles. The second-order valence-electron chi connectivity index (χ2n) is 5.86. The van der Waals surface area contributed by atoms with Gasteiger partial charge in [0, 0.05) is 39.6 Å². The molecular weight excluding hydrogens is 302 g/mol. The molecule has 0 aliphatic carbocycles. The van der Waals surface area contributed by atoms with Gasteiger partial charge in [0.2, 0.25) is 17.7 Å². The molecule has 1 atom stereocenters. The summed E-state index contributed by atoms with van der Waals surface area (Å²) in [6.45, 7) is 4.75. The molecule has 124 valence electrons. The first-order chi connectivity index (χ1) is 10.5. The smallest absolute Gasteiger partial charge is 0.245 e. The summed E-state index contributed by atoms with van der Waals surface area (Å²) in [6.07, 6.45) is 4.37. The summed E-state index contributed by atoms with van der Waals surface area (Å²) >= 11 is 1.53. The van der Waals surface area contributed by atoms with Crippen LogP contribution in [0.4, 0.5) is 0 Å². The molecule has 2 aliphatic rings. The Bertz CT molecular complexity index is 444. The molecule has 0 aromatic heterocycles. The molecule has 0 saturated carbocycles.